The molecule has 5 rings (SSSR count). The maximum Gasteiger partial charge on any atom is 0.320 e. The third-order valence-electron chi connectivity index (χ3n) is 8.53. The number of carbonyl (C=O) groups excluding carboxylic acids is 2. The standard InChI is InChI=1S/C34H42N6O5/c1-25-12-16-37(17-13-25)32-11-8-29(23-31(32)36-33(41)27-6-9-30(10-7-27)40(43)44)28-5-2-4-26(22-28)24-39(15-3-14-35)34(42)38-18-20-45-21-19-38/h2,4-11,22-23,25H,3,12-21,24,35H2,1H3,(H,36,41). The first-order valence-corrected chi connectivity index (χ1v) is 15.7. The number of amides is 3. The highest BCUT2D eigenvalue weighted by molar-refractivity contribution is 6.06. The van der Waals surface area contributed by atoms with Gasteiger partial charge in [0.25, 0.3) is 11.6 Å². The molecule has 3 N–H and O–H groups in total. The van der Waals surface area contributed by atoms with Gasteiger partial charge in [0.05, 0.1) is 29.5 Å². The molecule has 45 heavy (non-hydrogen) atoms. The van der Waals surface area contributed by atoms with Gasteiger partial charge in [0, 0.05) is 57.0 Å². The summed E-state index contributed by atoms with van der Waals surface area (Å²) in [6.07, 6.45) is 2.86. The van der Waals surface area contributed by atoms with Crippen LogP contribution in [0.25, 0.3) is 11.1 Å². The first-order chi connectivity index (χ1) is 21.8. The Morgan fingerprint density at radius 3 is 2.40 bits per heavy atom. The first kappa shape index (κ1) is 31.9. The molecule has 0 spiro atoms. The Morgan fingerprint density at radius 2 is 1.71 bits per heavy atom. The third-order valence-corrected chi connectivity index (χ3v) is 8.53. The van der Waals surface area contributed by atoms with E-state index in [-0.39, 0.29) is 17.6 Å². The van der Waals surface area contributed by atoms with E-state index in [1.54, 1.807) is 0 Å². The summed E-state index contributed by atoms with van der Waals surface area (Å²) in [4.78, 5) is 43.3. The number of rotatable bonds is 10. The van der Waals surface area contributed by atoms with E-state index in [1.807, 2.05) is 34.1 Å². The number of nitro benzene ring substituents is 1. The molecule has 2 aliphatic heterocycles. The lowest BCUT2D eigenvalue weighted by Crippen LogP contribution is -2.48. The Labute approximate surface area is 264 Å². The maximum atomic E-state index is 13.4. The van der Waals surface area contributed by atoms with Crippen LogP contribution in [0.5, 0.6) is 0 Å². The van der Waals surface area contributed by atoms with Gasteiger partial charge in [-0.2, -0.15) is 0 Å². The second-order valence-electron chi connectivity index (χ2n) is 11.8. The number of hydrogen-bond donors (Lipinski definition) is 2. The molecule has 0 bridgehead atoms. The summed E-state index contributed by atoms with van der Waals surface area (Å²) in [6, 6.07) is 19.8. The van der Waals surface area contributed by atoms with Crippen LogP contribution >= 0.6 is 0 Å². The van der Waals surface area contributed by atoms with Crippen molar-refractivity contribution in [2.75, 3.05) is 62.7 Å². The van der Waals surface area contributed by atoms with Crippen molar-refractivity contribution in [2.45, 2.75) is 32.7 Å². The van der Waals surface area contributed by atoms with E-state index in [1.165, 1.54) is 24.3 Å². The van der Waals surface area contributed by atoms with Gasteiger partial charge in [-0.15, -0.1) is 0 Å². The Hall–Kier alpha value is -4.48. The molecule has 2 aliphatic rings. The molecule has 0 aliphatic carbocycles. The largest absolute Gasteiger partial charge is 0.378 e. The van der Waals surface area contributed by atoms with Crippen LogP contribution in [0, 0.1) is 16.0 Å². The van der Waals surface area contributed by atoms with Crippen LogP contribution < -0.4 is 16.0 Å². The Balaban J connectivity index is 1.41. The number of ether oxygens (including phenoxy) is 1. The van der Waals surface area contributed by atoms with E-state index in [2.05, 4.69) is 35.3 Å². The zero-order chi connectivity index (χ0) is 31.8. The van der Waals surface area contributed by atoms with Crippen LogP contribution in [0.3, 0.4) is 0 Å². The molecule has 3 amide bonds. The summed E-state index contributed by atoms with van der Waals surface area (Å²) >= 11 is 0. The average molecular weight is 615 g/mol. The van der Waals surface area contributed by atoms with Gasteiger partial charge in [-0.05, 0) is 78.7 Å². The minimum atomic E-state index is -0.481. The summed E-state index contributed by atoms with van der Waals surface area (Å²) in [6.45, 7) is 7.82. The van der Waals surface area contributed by atoms with Gasteiger partial charge in [0.1, 0.15) is 0 Å². The molecule has 3 aromatic carbocycles. The maximum absolute atomic E-state index is 13.4. The molecule has 11 nitrogen and oxygen atoms in total. The number of hydrogen-bond acceptors (Lipinski definition) is 7. The van der Waals surface area contributed by atoms with Crippen molar-refractivity contribution < 1.29 is 19.2 Å². The fourth-order valence-corrected chi connectivity index (χ4v) is 5.82. The van der Waals surface area contributed by atoms with Crippen LogP contribution in [0.4, 0.5) is 21.9 Å². The van der Waals surface area contributed by atoms with Crippen molar-refractivity contribution in [3.8, 4) is 11.1 Å². The molecule has 0 radical (unpaired) electrons. The fourth-order valence-electron chi connectivity index (χ4n) is 5.82. The second-order valence-corrected chi connectivity index (χ2v) is 11.8. The number of benzene rings is 3. The van der Waals surface area contributed by atoms with Crippen molar-refractivity contribution in [3.05, 3.63) is 88.0 Å². The van der Waals surface area contributed by atoms with E-state index in [9.17, 15) is 19.7 Å². The van der Waals surface area contributed by atoms with E-state index in [0.717, 1.165) is 48.3 Å². The molecular weight excluding hydrogens is 572 g/mol. The zero-order valence-corrected chi connectivity index (χ0v) is 25.8. The first-order valence-electron chi connectivity index (χ1n) is 15.7. The van der Waals surface area contributed by atoms with Gasteiger partial charge >= 0.3 is 6.03 Å². The number of urea groups is 1. The summed E-state index contributed by atoms with van der Waals surface area (Å²) in [5.74, 6) is 0.320. The lowest BCUT2D eigenvalue weighted by Gasteiger charge is -2.33. The smallest absolute Gasteiger partial charge is 0.320 e. The van der Waals surface area contributed by atoms with Gasteiger partial charge in [0.15, 0.2) is 0 Å². The summed E-state index contributed by atoms with van der Waals surface area (Å²) in [7, 11) is 0. The molecule has 0 unspecified atom stereocenters. The molecular formula is C34H42N6O5. The van der Waals surface area contributed by atoms with Crippen molar-refractivity contribution in [3.63, 3.8) is 0 Å². The number of anilines is 2. The minimum absolute atomic E-state index is 0.00593. The predicted molar refractivity (Wildman–Crippen MR) is 175 cm³/mol. The molecule has 2 heterocycles. The molecule has 3 aromatic rings. The lowest BCUT2D eigenvalue weighted by molar-refractivity contribution is -0.384. The molecule has 0 aromatic heterocycles. The number of nitro groups is 1. The number of nitrogens with one attached hydrogen (secondary N) is 1. The average Bonchev–Trinajstić information content (AvgIpc) is 3.07. The molecule has 238 valence electrons. The SMILES string of the molecule is CC1CCN(c2ccc(-c3cccc(CN(CCCN)C(=O)N4CCOCC4)c3)cc2NC(=O)c2ccc([N+](=O)[O-])cc2)CC1. The molecule has 2 fully saturated rings. The molecule has 11 heteroatoms. The molecule has 2 saturated heterocycles. The van der Waals surface area contributed by atoms with Crippen molar-refractivity contribution in [2.24, 2.45) is 11.7 Å². The molecule has 0 saturated carbocycles. The fraction of sp³-hybridized carbons (Fsp3) is 0.412. The normalized spacial score (nSPS) is 15.5. The van der Waals surface area contributed by atoms with E-state index < -0.39 is 4.92 Å². The number of carbonyl (C=O) groups is 2. The van der Waals surface area contributed by atoms with Crippen molar-refractivity contribution >= 4 is 29.0 Å². The van der Waals surface area contributed by atoms with Gasteiger partial charge in [-0.25, -0.2) is 4.79 Å². The summed E-state index contributed by atoms with van der Waals surface area (Å²) in [5.41, 5.74) is 10.6. The van der Waals surface area contributed by atoms with Crippen LogP contribution in [0.15, 0.2) is 66.7 Å². The number of piperidine rings is 1. The van der Waals surface area contributed by atoms with Crippen LogP contribution in [-0.2, 0) is 11.3 Å². The van der Waals surface area contributed by atoms with Gasteiger partial charge in [-0.1, -0.05) is 31.2 Å². The van der Waals surface area contributed by atoms with Crippen molar-refractivity contribution in [1.82, 2.24) is 9.80 Å². The number of nitrogens with two attached hydrogens (primary N) is 1. The monoisotopic (exact) mass is 614 g/mol. The predicted octanol–water partition coefficient (Wildman–Crippen LogP) is 5.35. The van der Waals surface area contributed by atoms with Gasteiger partial charge in [-0.3, -0.25) is 14.9 Å². The highest BCUT2D eigenvalue weighted by atomic mass is 16.6. The topological polar surface area (TPSA) is 134 Å². The minimum Gasteiger partial charge on any atom is -0.378 e. The molecule has 0 atom stereocenters. The van der Waals surface area contributed by atoms with Crippen LogP contribution in [0.1, 0.15) is 42.1 Å². The van der Waals surface area contributed by atoms with Crippen LogP contribution in [-0.4, -0.2) is 79.1 Å². The Morgan fingerprint density at radius 1 is 1.00 bits per heavy atom. The van der Waals surface area contributed by atoms with Gasteiger partial charge < -0.3 is 30.5 Å². The quantitative estimate of drug-likeness (QED) is 0.232. The second kappa shape index (κ2) is 15.0. The van der Waals surface area contributed by atoms with E-state index in [0.29, 0.717) is 69.5 Å². The Bertz CT molecular complexity index is 1480. The summed E-state index contributed by atoms with van der Waals surface area (Å²) in [5, 5.41) is 14.2. The van der Waals surface area contributed by atoms with Gasteiger partial charge in [0.2, 0.25) is 0 Å². The van der Waals surface area contributed by atoms with E-state index in [4.69, 9.17) is 10.5 Å². The highest BCUT2D eigenvalue weighted by Crippen LogP contribution is 2.35. The zero-order valence-electron chi connectivity index (χ0n) is 25.8. The lowest BCUT2D eigenvalue weighted by atomic mass is 9.97. The summed E-state index contributed by atoms with van der Waals surface area (Å²) < 4.78 is 5.43. The number of nitrogens with zero attached hydrogens (tertiary/aromatic N) is 4. The highest BCUT2D eigenvalue weighted by Gasteiger charge is 2.24. The van der Waals surface area contributed by atoms with E-state index >= 15 is 0 Å². The van der Waals surface area contributed by atoms with Crippen LogP contribution in [0.2, 0.25) is 0 Å². The third kappa shape index (κ3) is 8.17. The number of non-ortho nitro benzene ring substituents is 1. The number of morpholine rings is 1. The Kier molecular flexibility index (Phi) is 10.6. The van der Waals surface area contributed by atoms with Crippen molar-refractivity contribution in [1.29, 1.82) is 0 Å².